The van der Waals surface area contributed by atoms with Gasteiger partial charge in [-0.3, -0.25) is 0 Å². The highest BCUT2D eigenvalue weighted by molar-refractivity contribution is 6.42. The molecule has 0 bridgehead atoms. The fraction of sp³-hybridized carbons (Fsp3) is 0.462. The van der Waals surface area contributed by atoms with Crippen molar-refractivity contribution < 1.29 is 0 Å². The number of hydrogen-bond donors (Lipinski definition) is 2. The molecule has 1 fully saturated rings. The first-order chi connectivity index (χ1) is 8.64. The molecule has 1 unspecified atom stereocenters. The van der Waals surface area contributed by atoms with Gasteiger partial charge in [0, 0.05) is 12.0 Å². The van der Waals surface area contributed by atoms with E-state index in [1.54, 1.807) is 0 Å². The molecule has 0 aliphatic carbocycles. The third-order valence-electron chi connectivity index (χ3n) is 3.95. The van der Waals surface area contributed by atoms with Crippen molar-refractivity contribution in [3.8, 4) is 0 Å². The molecule has 1 aromatic heterocycles. The molecule has 2 aromatic rings. The average Bonchev–Trinajstić information content (AvgIpc) is 2.96. The lowest BCUT2D eigenvalue weighted by Gasteiger charge is -2.23. The van der Waals surface area contributed by atoms with E-state index < -0.39 is 0 Å². The number of aromatic amines is 1. The summed E-state index contributed by atoms with van der Waals surface area (Å²) in [4.78, 5) is 8.10. The molecule has 0 spiro atoms. The van der Waals surface area contributed by atoms with Gasteiger partial charge in [0.15, 0.2) is 0 Å². The van der Waals surface area contributed by atoms with Crippen LogP contribution in [-0.4, -0.2) is 23.1 Å². The molecule has 1 aliphatic heterocycles. The van der Waals surface area contributed by atoms with E-state index in [-0.39, 0.29) is 5.41 Å². The molecule has 1 aromatic carbocycles. The molecular formula is C13H15Cl2N3. The van der Waals surface area contributed by atoms with Crippen molar-refractivity contribution in [3.63, 3.8) is 0 Å². The van der Waals surface area contributed by atoms with Gasteiger partial charge in [-0.2, -0.15) is 0 Å². The van der Waals surface area contributed by atoms with Crippen LogP contribution in [0.2, 0.25) is 10.0 Å². The molecule has 3 rings (SSSR count). The van der Waals surface area contributed by atoms with E-state index in [0.717, 1.165) is 42.8 Å². The number of aromatic nitrogens is 2. The van der Waals surface area contributed by atoms with Crippen molar-refractivity contribution >= 4 is 34.2 Å². The summed E-state index contributed by atoms with van der Waals surface area (Å²) in [6.07, 6.45) is 2.19. The minimum atomic E-state index is 0.123. The maximum atomic E-state index is 6.03. The zero-order valence-corrected chi connectivity index (χ0v) is 11.7. The van der Waals surface area contributed by atoms with Gasteiger partial charge in [-0.1, -0.05) is 30.1 Å². The smallest absolute Gasteiger partial charge is 0.114 e. The lowest BCUT2D eigenvalue weighted by Crippen LogP contribution is -2.29. The zero-order chi connectivity index (χ0) is 12.8. The summed E-state index contributed by atoms with van der Waals surface area (Å²) in [6, 6.07) is 3.67. The van der Waals surface area contributed by atoms with Crippen molar-refractivity contribution in [2.75, 3.05) is 13.1 Å². The van der Waals surface area contributed by atoms with Crippen LogP contribution in [0.4, 0.5) is 0 Å². The number of imidazole rings is 1. The average molecular weight is 284 g/mol. The Hall–Kier alpha value is -0.770. The Morgan fingerprint density at radius 2 is 2.11 bits per heavy atom. The number of nitrogens with zero attached hydrogens (tertiary/aromatic N) is 1. The Labute approximate surface area is 116 Å². The van der Waals surface area contributed by atoms with Crippen molar-refractivity contribution in [2.24, 2.45) is 0 Å². The van der Waals surface area contributed by atoms with Gasteiger partial charge in [0.2, 0.25) is 0 Å². The fourth-order valence-electron chi connectivity index (χ4n) is 2.67. The largest absolute Gasteiger partial charge is 0.341 e. The van der Waals surface area contributed by atoms with Crippen LogP contribution in [0, 0.1) is 0 Å². The molecule has 1 saturated heterocycles. The van der Waals surface area contributed by atoms with E-state index in [0.29, 0.717) is 10.0 Å². The van der Waals surface area contributed by atoms with Crippen molar-refractivity contribution in [2.45, 2.75) is 25.2 Å². The number of benzene rings is 1. The van der Waals surface area contributed by atoms with Crippen LogP contribution in [0.15, 0.2) is 12.1 Å². The quantitative estimate of drug-likeness (QED) is 0.886. The Balaban J connectivity index is 2.13. The molecular weight excluding hydrogens is 269 g/mol. The Morgan fingerprint density at radius 1 is 1.33 bits per heavy atom. The summed E-state index contributed by atoms with van der Waals surface area (Å²) < 4.78 is 0. The van der Waals surface area contributed by atoms with Gasteiger partial charge < -0.3 is 10.3 Å². The standard InChI is InChI=1S/C13H15Cl2N3/c1-2-13(3-4-16-7-13)12-17-10-5-8(14)9(15)6-11(10)18-12/h5-6,16H,2-4,7H2,1H3,(H,17,18). The monoisotopic (exact) mass is 283 g/mol. The van der Waals surface area contributed by atoms with E-state index in [1.807, 2.05) is 12.1 Å². The van der Waals surface area contributed by atoms with Crippen LogP contribution in [0.5, 0.6) is 0 Å². The van der Waals surface area contributed by atoms with Gasteiger partial charge in [0.25, 0.3) is 0 Å². The molecule has 2 N–H and O–H groups in total. The minimum Gasteiger partial charge on any atom is -0.341 e. The number of H-pyrrole nitrogens is 1. The molecule has 1 atom stereocenters. The number of nitrogens with one attached hydrogen (secondary N) is 2. The summed E-state index contributed by atoms with van der Waals surface area (Å²) in [5.74, 6) is 1.04. The van der Waals surface area contributed by atoms with Gasteiger partial charge in [-0.15, -0.1) is 0 Å². The number of halogens is 2. The summed E-state index contributed by atoms with van der Waals surface area (Å²) in [5, 5.41) is 4.53. The van der Waals surface area contributed by atoms with Crippen molar-refractivity contribution in [1.82, 2.24) is 15.3 Å². The summed E-state index contributed by atoms with van der Waals surface area (Å²) in [5.41, 5.74) is 1.97. The molecule has 0 radical (unpaired) electrons. The zero-order valence-electron chi connectivity index (χ0n) is 10.2. The topological polar surface area (TPSA) is 40.7 Å². The van der Waals surface area contributed by atoms with Gasteiger partial charge in [0.05, 0.1) is 21.1 Å². The minimum absolute atomic E-state index is 0.123. The molecule has 96 valence electrons. The highest BCUT2D eigenvalue weighted by Gasteiger charge is 2.36. The first-order valence-corrected chi connectivity index (χ1v) is 6.96. The summed E-state index contributed by atoms with van der Waals surface area (Å²) >= 11 is 12.1. The summed E-state index contributed by atoms with van der Waals surface area (Å²) in [6.45, 7) is 4.23. The van der Waals surface area contributed by atoms with Crippen LogP contribution in [0.25, 0.3) is 11.0 Å². The number of rotatable bonds is 2. The normalized spacial score (nSPS) is 23.9. The second-order valence-electron chi connectivity index (χ2n) is 4.93. The molecule has 2 heterocycles. The van der Waals surface area contributed by atoms with Gasteiger partial charge >= 0.3 is 0 Å². The summed E-state index contributed by atoms with van der Waals surface area (Å²) in [7, 11) is 0. The molecule has 5 heteroatoms. The van der Waals surface area contributed by atoms with Crippen LogP contribution in [0.3, 0.4) is 0 Å². The third kappa shape index (κ3) is 1.81. The second-order valence-corrected chi connectivity index (χ2v) is 5.74. The predicted octanol–water partition coefficient (Wildman–Crippen LogP) is 3.51. The van der Waals surface area contributed by atoms with Crippen LogP contribution < -0.4 is 5.32 Å². The molecule has 3 nitrogen and oxygen atoms in total. The van der Waals surface area contributed by atoms with Crippen LogP contribution in [0.1, 0.15) is 25.6 Å². The van der Waals surface area contributed by atoms with Crippen LogP contribution >= 0.6 is 23.2 Å². The highest BCUT2D eigenvalue weighted by atomic mass is 35.5. The lowest BCUT2D eigenvalue weighted by molar-refractivity contribution is 0.431. The first kappa shape index (κ1) is 12.3. The van der Waals surface area contributed by atoms with E-state index in [9.17, 15) is 0 Å². The second kappa shape index (κ2) is 4.41. The third-order valence-corrected chi connectivity index (χ3v) is 4.67. The number of hydrogen-bond acceptors (Lipinski definition) is 2. The van der Waals surface area contributed by atoms with E-state index in [4.69, 9.17) is 28.2 Å². The highest BCUT2D eigenvalue weighted by Crippen LogP contribution is 2.34. The Kier molecular flexibility index (Phi) is 3.00. The maximum absolute atomic E-state index is 6.03. The lowest BCUT2D eigenvalue weighted by atomic mass is 9.83. The first-order valence-electron chi connectivity index (χ1n) is 6.20. The molecule has 0 saturated carbocycles. The maximum Gasteiger partial charge on any atom is 0.114 e. The van der Waals surface area contributed by atoms with E-state index >= 15 is 0 Å². The number of fused-ring (bicyclic) bond motifs is 1. The predicted molar refractivity (Wildman–Crippen MR) is 75.6 cm³/mol. The molecule has 0 amide bonds. The van der Waals surface area contributed by atoms with Gasteiger partial charge in [0.1, 0.15) is 5.82 Å². The van der Waals surface area contributed by atoms with E-state index in [1.165, 1.54) is 0 Å². The van der Waals surface area contributed by atoms with Crippen LogP contribution in [-0.2, 0) is 5.41 Å². The molecule has 1 aliphatic rings. The van der Waals surface area contributed by atoms with Gasteiger partial charge in [-0.05, 0) is 31.5 Å². The fourth-order valence-corrected chi connectivity index (χ4v) is 2.99. The van der Waals surface area contributed by atoms with Crippen molar-refractivity contribution in [1.29, 1.82) is 0 Å². The van der Waals surface area contributed by atoms with E-state index in [2.05, 4.69) is 17.2 Å². The Morgan fingerprint density at radius 3 is 2.78 bits per heavy atom. The SMILES string of the molecule is CCC1(c2nc3cc(Cl)c(Cl)cc3[nH]2)CCNC1. The van der Waals surface area contributed by atoms with Crippen molar-refractivity contribution in [3.05, 3.63) is 28.0 Å². The molecule has 18 heavy (non-hydrogen) atoms. The van der Waals surface area contributed by atoms with Gasteiger partial charge in [-0.25, -0.2) is 4.98 Å². The Bertz CT molecular complexity index is 546.